The van der Waals surface area contributed by atoms with Gasteiger partial charge < -0.3 is 4.90 Å². The van der Waals surface area contributed by atoms with Crippen LogP contribution in [0.4, 0.5) is 8.78 Å². The molecule has 0 N–H and O–H groups in total. The van der Waals surface area contributed by atoms with Crippen LogP contribution >= 0.6 is 0 Å². The van der Waals surface area contributed by atoms with Gasteiger partial charge in [-0.2, -0.15) is 0 Å². The first-order chi connectivity index (χ1) is 8.99. The maximum Gasteiger partial charge on any atom is 0.132 e. The summed E-state index contributed by atoms with van der Waals surface area (Å²) in [7, 11) is 3.79. The fraction of sp³-hybridized carbons (Fsp3) is 0.533. The molecule has 1 aromatic carbocycles. The molecule has 1 aliphatic carbocycles. The van der Waals surface area contributed by atoms with Crippen LogP contribution < -0.4 is 0 Å². The van der Waals surface area contributed by atoms with Gasteiger partial charge >= 0.3 is 0 Å². The molecule has 0 radical (unpaired) electrons. The van der Waals surface area contributed by atoms with Gasteiger partial charge in [0.2, 0.25) is 0 Å². The van der Waals surface area contributed by atoms with Crippen molar-refractivity contribution in [3.8, 4) is 0 Å². The first-order valence-corrected chi connectivity index (χ1v) is 6.62. The molecule has 0 spiro atoms. The average Bonchev–Trinajstić information content (AvgIpc) is 2.34. The van der Waals surface area contributed by atoms with Crippen molar-refractivity contribution in [2.24, 2.45) is 5.92 Å². The first-order valence-electron chi connectivity index (χ1n) is 6.62. The van der Waals surface area contributed by atoms with Crippen molar-refractivity contribution in [1.29, 1.82) is 0 Å². The Morgan fingerprint density at radius 3 is 2.37 bits per heavy atom. The predicted octanol–water partition coefficient (Wildman–Crippen LogP) is 3.33. The molecular formula is C15H19F2NO. The number of ketones is 1. The van der Waals surface area contributed by atoms with Gasteiger partial charge in [-0.05, 0) is 38.9 Å². The fourth-order valence-electron chi connectivity index (χ4n) is 2.97. The highest BCUT2D eigenvalue weighted by atomic mass is 19.1. The standard InChI is InChI=1S/C15H19F2NO/c1-18(2)15(10-3-6-12(19)7-4-10)13-8-5-11(16)9-14(13)17/h5,8-10,15H,3-4,6-7H2,1-2H3. The van der Waals surface area contributed by atoms with Gasteiger partial charge in [0.15, 0.2) is 0 Å². The monoisotopic (exact) mass is 267 g/mol. The van der Waals surface area contributed by atoms with Gasteiger partial charge in [-0.25, -0.2) is 8.78 Å². The molecule has 0 saturated heterocycles. The summed E-state index contributed by atoms with van der Waals surface area (Å²) in [6.07, 6.45) is 2.69. The quantitative estimate of drug-likeness (QED) is 0.837. The van der Waals surface area contributed by atoms with Crippen molar-refractivity contribution in [3.63, 3.8) is 0 Å². The van der Waals surface area contributed by atoms with Gasteiger partial charge in [-0.15, -0.1) is 0 Å². The summed E-state index contributed by atoms with van der Waals surface area (Å²) in [4.78, 5) is 13.3. The number of benzene rings is 1. The van der Waals surface area contributed by atoms with Crippen LogP contribution in [0.3, 0.4) is 0 Å². The normalized spacial score (nSPS) is 18.9. The third-order valence-corrected chi connectivity index (χ3v) is 3.87. The van der Waals surface area contributed by atoms with Crippen LogP contribution in [0.25, 0.3) is 0 Å². The number of rotatable bonds is 3. The number of halogens is 2. The molecule has 0 aliphatic heterocycles. The van der Waals surface area contributed by atoms with Crippen molar-refractivity contribution < 1.29 is 13.6 Å². The van der Waals surface area contributed by atoms with Crippen LogP contribution in [0.5, 0.6) is 0 Å². The van der Waals surface area contributed by atoms with Crippen molar-refractivity contribution in [1.82, 2.24) is 4.90 Å². The van der Waals surface area contributed by atoms with E-state index in [4.69, 9.17) is 0 Å². The highest BCUT2D eigenvalue weighted by molar-refractivity contribution is 5.79. The Bertz CT molecular complexity index is 463. The summed E-state index contributed by atoms with van der Waals surface area (Å²) in [5, 5.41) is 0. The molecule has 1 aromatic rings. The Kier molecular flexibility index (Phi) is 4.30. The largest absolute Gasteiger partial charge is 0.302 e. The van der Waals surface area contributed by atoms with E-state index in [0.29, 0.717) is 18.4 Å². The van der Waals surface area contributed by atoms with Crippen molar-refractivity contribution in [2.45, 2.75) is 31.7 Å². The Morgan fingerprint density at radius 2 is 1.84 bits per heavy atom. The molecule has 1 unspecified atom stereocenters. The molecule has 2 nitrogen and oxygen atoms in total. The summed E-state index contributed by atoms with van der Waals surface area (Å²) >= 11 is 0. The molecule has 19 heavy (non-hydrogen) atoms. The summed E-state index contributed by atoms with van der Waals surface area (Å²) in [6, 6.07) is 3.64. The van der Waals surface area contributed by atoms with E-state index >= 15 is 0 Å². The second kappa shape index (κ2) is 5.78. The second-order valence-corrected chi connectivity index (χ2v) is 5.45. The Hall–Kier alpha value is -1.29. The Balaban J connectivity index is 2.27. The van der Waals surface area contributed by atoms with Gasteiger partial charge in [-0.3, -0.25) is 4.79 Å². The van der Waals surface area contributed by atoms with Crippen molar-refractivity contribution in [2.75, 3.05) is 14.1 Å². The number of carbonyl (C=O) groups is 1. The lowest BCUT2D eigenvalue weighted by molar-refractivity contribution is -0.121. The number of carbonyl (C=O) groups excluding carboxylic acids is 1. The summed E-state index contributed by atoms with van der Waals surface area (Å²) in [5.74, 6) is -0.533. The summed E-state index contributed by atoms with van der Waals surface area (Å²) in [6.45, 7) is 0. The molecule has 2 rings (SSSR count). The maximum absolute atomic E-state index is 14.0. The summed E-state index contributed by atoms with van der Waals surface area (Å²) < 4.78 is 27.0. The van der Waals surface area contributed by atoms with Crippen LogP contribution in [-0.2, 0) is 4.79 Å². The lowest BCUT2D eigenvalue weighted by atomic mass is 9.80. The van der Waals surface area contributed by atoms with E-state index in [1.165, 1.54) is 12.1 Å². The zero-order chi connectivity index (χ0) is 14.0. The van der Waals surface area contributed by atoms with Gasteiger partial charge in [0.1, 0.15) is 17.4 Å². The molecule has 0 heterocycles. The maximum atomic E-state index is 14.0. The topological polar surface area (TPSA) is 20.3 Å². The van der Waals surface area contributed by atoms with Gasteiger partial charge in [0.25, 0.3) is 0 Å². The molecule has 104 valence electrons. The lowest BCUT2D eigenvalue weighted by Crippen LogP contribution is -2.31. The van der Waals surface area contributed by atoms with Crippen molar-refractivity contribution >= 4 is 5.78 Å². The highest BCUT2D eigenvalue weighted by Gasteiger charge is 2.30. The van der Waals surface area contributed by atoms with Gasteiger partial charge in [0.05, 0.1) is 0 Å². The fourth-order valence-corrected chi connectivity index (χ4v) is 2.97. The van der Waals surface area contributed by atoms with Crippen LogP contribution in [0.1, 0.15) is 37.3 Å². The minimum absolute atomic E-state index is 0.103. The van der Waals surface area contributed by atoms with E-state index in [-0.39, 0.29) is 17.7 Å². The highest BCUT2D eigenvalue weighted by Crippen LogP contribution is 2.37. The number of Topliss-reactive ketones (excluding diaryl/α,β-unsaturated/α-hetero) is 1. The Labute approximate surface area is 112 Å². The molecule has 0 bridgehead atoms. The molecule has 0 aromatic heterocycles. The van der Waals surface area contributed by atoms with E-state index in [1.54, 1.807) is 0 Å². The third-order valence-electron chi connectivity index (χ3n) is 3.87. The van der Waals surface area contributed by atoms with E-state index < -0.39 is 11.6 Å². The molecule has 1 aliphatic rings. The molecule has 0 amide bonds. The van der Waals surface area contributed by atoms with Gasteiger partial charge in [0, 0.05) is 30.5 Å². The minimum Gasteiger partial charge on any atom is -0.302 e. The van der Waals surface area contributed by atoms with Gasteiger partial charge in [-0.1, -0.05) is 6.07 Å². The molecule has 4 heteroatoms. The van der Waals surface area contributed by atoms with E-state index in [2.05, 4.69) is 0 Å². The first kappa shape index (κ1) is 14.1. The molecule has 1 saturated carbocycles. The van der Waals surface area contributed by atoms with Crippen LogP contribution in [-0.4, -0.2) is 24.8 Å². The van der Waals surface area contributed by atoms with E-state index in [1.807, 2.05) is 19.0 Å². The van der Waals surface area contributed by atoms with E-state index in [0.717, 1.165) is 18.9 Å². The van der Waals surface area contributed by atoms with Crippen LogP contribution in [0.15, 0.2) is 18.2 Å². The smallest absolute Gasteiger partial charge is 0.132 e. The summed E-state index contributed by atoms with van der Waals surface area (Å²) in [5.41, 5.74) is 0.519. The number of hydrogen-bond acceptors (Lipinski definition) is 2. The number of nitrogens with zero attached hydrogens (tertiary/aromatic N) is 1. The average molecular weight is 267 g/mol. The zero-order valence-electron chi connectivity index (χ0n) is 11.3. The Morgan fingerprint density at radius 1 is 1.21 bits per heavy atom. The molecule has 1 atom stereocenters. The minimum atomic E-state index is -0.558. The molecular weight excluding hydrogens is 248 g/mol. The van der Waals surface area contributed by atoms with Crippen LogP contribution in [0.2, 0.25) is 0 Å². The predicted molar refractivity (Wildman–Crippen MR) is 69.8 cm³/mol. The van der Waals surface area contributed by atoms with E-state index in [9.17, 15) is 13.6 Å². The molecule has 1 fully saturated rings. The zero-order valence-corrected chi connectivity index (χ0v) is 11.3. The lowest BCUT2D eigenvalue weighted by Gasteiger charge is -2.35. The number of hydrogen-bond donors (Lipinski definition) is 0. The SMILES string of the molecule is CN(C)C(c1ccc(F)cc1F)C1CCC(=O)CC1. The van der Waals surface area contributed by atoms with Crippen molar-refractivity contribution in [3.05, 3.63) is 35.4 Å². The third kappa shape index (κ3) is 3.18. The second-order valence-electron chi connectivity index (χ2n) is 5.45. The van der Waals surface area contributed by atoms with Crippen LogP contribution in [0, 0.1) is 17.6 Å².